The second-order valence-corrected chi connectivity index (χ2v) is 4.36. The lowest BCUT2D eigenvalue weighted by Gasteiger charge is -2.45. The second-order valence-electron chi connectivity index (χ2n) is 4.36. The zero-order valence-electron chi connectivity index (χ0n) is 9.15. The van der Waals surface area contributed by atoms with Gasteiger partial charge in [-0.05, 0) is 24.2 Å². The highest BCUT2D eigenvalue weighted by Gasteiger charge is 2.41. The topological polar surface area (TPSA) is 52.0 Å². The Morgan fingerprint density at radius 3 is 1.50 bits per heavy atom. The fraction of sp³-hybridized carbons (Fsp3) is 1.00. The minimum absolute atomic E-state index is 0.0567. The Balaban J connectivity index is 4.70. The molecule has 0 unspecified atom stereocenters. The lowest BCUT2D eigenvalue weighted by molar-refractivity contribution is 0.0870. The molecule has 0 aromatic rings. The van der Waals surface area contributed by atoms with Crippen molar-refractivity contribution < 1.29 is 0 Å². The Kier molecular flexibility index (Phi) is 3.73. The monoisotopic (exact) mass is 172 g/mol. The molecular formula is C10H24N2. The summed E-state index contributed by atoms with van der Waals surface area (Å²) in [6, 6.07) is 0. The summed E-state index contributed by atoms with van der Waals surface area (Å²) in [4.78, 5) is 0. The fourth-order valence-electron chi connectivity index (χ4n) is 1.56. The van der Waals surface area contributed by atoms with Crippen molar-refractivity contribution in [1.29, 1.82) is 0 Å². The lowest BCUT2D eigenvalue weighted by atomic mass is 9.68. The summed E-state index contributed by atoms with van der Waals surface area (Å²) in [6.07, 6.45) is 2.07. The average Bonchev–Trinajstić information content (AvgIpc) is 2.02. The number of nitrogens with two attached hydrogens (primary N) is 2. The predicted molar refractivity (Wildman–Crippen MR) is 54.6 cm³/mol. The van der Waals surface area contributed by atoms with E-state index in [2.05, 4.69) is 34.6 Å². The zero-order valence-corrected chi connectivity index (χ0v) is 9.15. The van der Waals surface area contributed by atoms with Gasteiger partial charge in [0.25, 0.3) is 0 Å². The maximum atomic E-state index is 6.14. The van der Waals surface area contributed by atoms with E-state index in [-0.39, 0.29) is 5.41 Å². The molecule has 2 nitrogen and oxygen atoms in total. The number of hydrogen-bond acceptors (Lipinski definition) is 2. The summed E-state index contributed by atoms with van der Waals surface area (Å²) in [5.74, 6) is 0.322. The van der Waals surface area contributed by atoms with Gasteiger partial charge in [0.15, 0.2) is 0 Å². The molecule has 0 bridgehead atoms. The normalized spacial score (nSPS) is 14.0. The van der Waals surface area contributed by atoms with Gasteiger partial charge in [-0.2, -0.15) is 0 Å². The van der Waals surface area contributed by atoms with E-state index in [1.807, 2.05) is 0 Å². The van der Waals surface area contributed by atoms with Crippen molar-refractivity contribution in [1.82, 2.24) is 0 Å². The molecule has 4 N–H and O–H groups in total. The minimum atomic E-state index is -0.545. The van der Waals surface area contributed by atoms with Crippen molar-refractivity contribution in [3.8, 4) is 0 Å². The summed E-state index contributed by atoms with van der Waals surface area (Å²) < 4.78 is 0. The van der Waals surface area contributed by atoms with Crippen LogP contribution in [0.25, 0.3) is 0 Å². The van der Waals surface area contributed by atoms with Crippen LogP contribution >= 0.6 is 0 Å². The second kappa shape index (κ2) is 3.75. The van der Waals surface area contributed by atoms with Crippen molar-refractivity contribution in [2.24, 2.45) is 22.8 Å². The Hall–Kier alpha value is -0.0800. The molecule has 12 heavy (non-hydrogen) atoms. The first-order valence-electron chi connectivity index (χ1n) is 4.89. The molecule has 74 valence electrons. The molecule has 0 saturated heterocycles. The van der Waals surface area contributed by atoms with E-state index in [9.17, 15) is 0 Å². The lowest BCUT2D eigenvalue weighted by Crippen LogP contribution is -2.64. The largest absolute Gasteiger partial charge is 0.313 e. The Labute approximate surface area is 76.7 Å². The molecule has 0 amide bonds. The maximum Gasteiger partial charge on any atom is 0.0715 e. The smallest absolute Gasteiger partial charge is 0.0715 e. The molecule has 0 rings (SSSR count). The summed E-state index contributed by atoms with van der Waals surface area (Å²) in [6.45, 7) is 10.7. The maximum absolute atomic E-state index is 6.14. The summed E-state index contributed by atoms with van der Waals surface area (Å²) >= 11 is 0. The van der Waals surface area contributed by atoms with Crippen LogP contribution < -0.4 is 11.5 Å². The third kappa shape index (κ3) is 1.80. The molecule has 0 aromatic carbocycles. The molecule has 0 aliphatic rings. The van der Waals surface area contributed by atoms with Crippen molar-refractivity contribution in [2.45, 2.75) is 53.1 Å². The van der Waals surface area contributed by atoms with Crippen LogP contribution in [0.2, 0.25) is 0 Å². The fourth-order valence-corrected chi connectivity index (χ4v) is 1.56. The van der Waals surface area contributed by atoms with Crippen LogP contribution in [0.5, 0.6) is 0 Å². The first kappa shape index (κ1) is 11.9. The number of hydrogen-bond donors (Lipinski definition) is 2. The molecule has 0 atom stereocenters. The molecule has 0 spiro atoms. The van der Waals surface area contributed by atoms with Gasteiger partial charge in [0.2, 0.25) is 0 Å². The predicted octanol–water partition coefficient (Wildman–Crippen LogP) is 2.08. The van der Waals surface area contributed by atoms with E-state index < -0.39 is 5.66 Å². The molecule has 0 aromatic heterocycles. The molecule has 2 heteroatoms. The Morgan fingerprint density at radius 2 is 1.42 bits per heavy atom. The molecular weight excluding hydrogens is 148 g/mol. The molecule has 0 heterocycles. The van der Waals surface area contributed by atoms with Gasteiger partial charge < -0.3 is 11.5 Å². The van der Waals surface area contributed by atoms with Crippen LogP contribution in [0, 0.1) is 11.3 Å². The van der Waals surface area contributed by atoms with Gasteiger partial charge in [-0.3, -0.25) is 0 Å². The highest BCUT2D eigenvalue weighted by molar-refractivity contribution is 4.96. The molecule has 0 aliphatic carbocycles. The molecule has 0 aliphatic heterocycles. The molecule has 0 fully saturated rings. The van der Waals surface area contributed by atoms with E-state index in [4.69, 9.17) is 11.5 Å². The highest BCUT2D eigenvalue weighted by atomic mass is 15.0. The van der Waals surface area contributed by atoms with Gasteiger partial charge in [0.1, 0.15) is 0 Å². The van der Waals surface area contributed by atoms with Crippen molar-refractivity contribution >= 4 is 0 Å². The first-order chi connectivity index (χ1) is 5.31. The van der Waals surface area contributed by atoms with Gasteiger partial charge >= 0.3 is 0 Å². The third-order valence-corrected chi connectivity index (χ3v) is 3.56. The molecule has 0 saturated carbocycles. The van der Waals surface area contributed by atoms with E-state index in [0.717, 1.165) is 12.8 Å². The van der Waals surface area contributed by atoms with Gasteiger partial charge in [-0.15, -0.1) is 0 Å². The summed E-state index contributed by atoms with van der Waals surface area (Å²) in [5, 5.41) is 0. The van der Waals surface area contributed by atoms with E-state index in [1.165, 1.54) is 0 Å². The first-order valence-corrected chi connectivity index (χ1v) is 4.89. The highest BCUT2D eigenvalue weighted by Crippen LogP contribution is 2.37. The quantitative estimate of drug-likeness (QED) is 0.638. The van der Waals surface area contributed by atoms with Crippen molar-refractivity contribution in [3.63, 3.8) is 0 Å². The van der Waals surface area contributed by atoms with Crippen LogP contribution in [0.4, 0.5) is 0 Å². The van der Waals surface area contributed by atoms with Gasteiger partial charge in [-0.25, -0.2) is 0 Å². The zero-order chi connectivity index (χ0) is 9.99. The van der Waals surface area contributed by atoms with Crippen molar-refractivity contribution in [2.75, 3.05) is 0 Å². The van der Waals surface area contributed by atoms with E-state index >= 15 is 0 Å². The van der Waals surface area contributed by atoms with Crippen LogP contribution in [-0.4, -0.2) is 5.66 Å². The van der Waals surface area contributed by atoms with Gasteiger partial charge in [0.05, 0.1) is 5.66 Å². The third-order valence-electron chi connectivity index (χ3n) is 3.56. The van der Waals surface area contributed by atoms with Crippen LogP contribution in [0.1, 0.15) is 47.5 Å². The van der Waals surface area contributed by atoms with E-state index in [1.54, 1.807) is 0 Å². The summed E-state index contributed by atoms with van der Waals surface area (Å²) in [5.41, 5.74) is 11.8. The van der Waals surface area contributed by atoms with Crippen LogP contribution in [0.3, 0.4) is 0 Å². The average molecular weight is 172 g/mol. The standard InChI is InChI=1S/C10H24N2/c1-6-9(5,7-2)10(11,12)8(3)4/h8H,6-7,11-12H2,1-5H3. The SMILES string of the molecule is CCC(C)(CC)C(N)(N)C(C)C. The van der Waals surface area contributed by atoms with Crippen LogP contribution in [-0.2, 0) is 0 Å². The van der Waals surface area contributed by atoms with Gasteiger partial charge in [-0.1, -0.05) is 34.6 Å². The van der Waals surface area contributed by atoms with Crippen molar-refractivity contribution in [3.05, 3.63) is 0 Å². The summed E-state index contributed by atoms with van der Waals surface area (Å²) in [7, 11) is 0. The minimum Gasteiger partial charge on any atom is -0.313 e. The van der Waals surface area contributed by atoms with E-state index in [0.29, 0.717) is 5.92 Å². The van der Waals surface area contributed by atoms with Crippen LogP contribution in [0.15, 0.2) is 0 Å². The van der Waals surface area contributed by atoms with Gasteiger partial charge in [0, 0.05) is 0 Å². The Bertz CT molecular complexity index is 132. The number of rotatable bonds is 4. The Morgan fingerprint density at radius 1 is 1.08 bits per heavy atom. The molecule has 0 radical (unpaired) electrons.